The number of nitrogens with one attached hydrogen (secondary N) is 1. The molecule has 0 aromatic heterocycles. The quantitative estimate of drug-likeness (QED) is 0.808. The van der Waals surface area contributed by atoms with E-state index >= 15 is 0 Å². The molecule has 0 radical (unpaired) electrons. The van der Waals surface area contributed by atoms with Gasteiger partial charge in [-0.25, -0.2) is 8.42 Å². The van der Waals surface area contributed by atoms with Gasteiger partial charge in [0.2, 0.25) is 10.0 Å². The molecule has 0 aliphatic carbocycles. The first-order valence-corrected chi connectivity index (χ1v) is 7.30. The van der Waals surface area contributed by atoms with Gasteiger partial charge in [0.1, 0.15) is 0 Å². The number of benzene rings is 1. The van der Waals surface area contributed by atoms with Gasteiger partial charge < -0.3 is 10.4 Å². The van der Waals surface area contributed by atoms with Gasteiger partial charge in [0.25, 0.3) is 0 Å². The van der Waals surface area contributed by atoms with Crippen molar-refractivity contribution in [3.05, 3.63) is 29.8 Å². The molecule has 0 unspecified atom stereocenters. The van der Waals surface area contributed by atoms with Crippen molar-refractivity contribution in [2.75, 3.05) is 20.1 Å². The molecular weight excluding hydrogens is 252 g/mol. The second kappa shape index (κ2) is 4.97. The Morgan fingerprint density at radius 2 is 1.89 bits per heavy atom. The van der Waals surface area contributed by atoms with Crippen molar-refractivity contribution in [1.29, 1.82) is 0 Å². The Labute approximate surface area is 107 Å². The van der Waals surface area contributed by atoms with Crippen molar-refractivity contribution in [1.82, 2.24) is 9.62 Å². The molecule has 1 fully saturated rings. The Morgan fingerprint density at radius 1 is 1.28 bits per heavy atom. The average Bonchev–Trinajstić information content (AvgIpc) is 2.75. The zero-order chi connectivity index (χ0) is 13.3. The first-order chi connectivity index (χ1) is 8.43. The van der Waals surface area contributed by atoms with Crippen LogP contribution in [0.15, 0.2) is 29.2 Å². The van der Waals surface area contributed by atoms with E-state index in [1.54, 1.807) is 24.3 Å². The molecule has 2 N–H and O–H groups in total. The van der Waals surface area contributed by atoms with Gasteiger partial charge in [0, 0.05) is 20.1 Å². The maximum atomic E-state index is 12.4. The summed E-state index contributed by atoms with van der Waals surface area (Å²) in [5.74, 6) is 0. The topological polar surface area (TPSA) is 69.6 Å². The number of β-amino-alcohol motifs (C(OH)–C–C–N with tert-alkyl or cyclic N) is 1. The van der Waals surface area contributed by atoms with E-state index < -0.39 is 22.2 Å². The second-order valence-electron chi connectivity index (χ2n) is 4.63. The number of sulfonamides is 1. The van der Waals surface area contributed by atoms with Crippen LogP contribution in [0.1, 0.15) is 5.56 Å². The molecule has 0 amide bonds. The predicted octanol–water partition coefficient (Wildman–Crippen LogP) is -0.0518. The number of nitrogens with zero attached hydrogens (tertiary/aromatic N) is 1. The molecule has 18 heavy (non-hydrogen) atoms. The molecule has 1 aromatic rings. The molecule has 1 saturated heterocycles. The summed E-state index contributed by atoms with van der Waals surface area (Å²) in [6, 6.07) is 6.32. The average molecular weight is 270 g/mol. The van der Waals surface area contributed by atoms with Crippen LogP contribution in [-0.2, 0) is 10.0 Å². The number of hydrogen-bond acceptors (Lipinski definition) is 4. The van der Waals surface area contributed by atoms with E-state index in [1.807, 2.05) is 6.92 Å². The van der Waals surface area contributed by atoms with Crippen LogP contribution in [0.2, 0.25) is 0 Å². The first kappa shape index (κ1) is 13.5. The minimum Gasteiger partial charge on any atom is -0.390 e. The third-order valence-electron chi connectivity index (χ3n) is 3.32. The van der Waals surface area contributed by atoms with Crippen LogP contribution in [0, 0.1) is 6.92 Å². The summed E-state index contributed by atoms with van der Waals surface area (Å²) in [4.78, 5) is 0.259. The summed E-state index contributed by atoms with van der Waals surface area (Å²) in [5, 5.41) is 12.7. The van der Waals surface area contributed by atoms with E-state index in [2.05, 4.69) is 5.32 Å². The normalized spacial score (nSPS) is 24.7. The molecule has 0 saturated carbocycles. The van der Waals surface area contributed by atoms with E-state index in [0.29, 0.717) is 13.1 Å². The largest absolute Gasteiger partial charge is 0.390 e. The lowest BCUT2D eigenvalue weighted by atomic mass is 10.2. The molecule has 1 aliphatic heterocycles. The molecule has 2 atom stereocenters. The number of hydrogen-bond donors (Lipinski definition) is 2. The second-order valence-corrected chi connectivity index (χ2v) is 6.62. The summed E-state index contributed by atoms with van der Waals surface area (Å²) in [7, 11) is -2.03. The van der Waals surface area contributed by atoms with Crippen LogP contribution in [0.3, 0.4) is 0 Å². The summed E-state index contributed by atoms with van der Waals surface area (Å²) >= 11 is 0. The Kier molecular flexibility index (Phi) is 3.72. The molecule has 1 aliphatic rings. The van der Waals surface area contributed by atoms with Gasteiger partial charge in [-0.15, -0.1) is 0 Å². The van der Waals surface area contributed by atoms with E-state index in [0.717, 1.165) is 5.56 Å². The van der Waals surface area contributed by atoms with Gasteiger partial charge in [0.15, 0.2) is 0 Å². The third-order valence-corrected chi connectivity index (χ3v) is 5.21. The Balaban J connectivity index is 2.28. The molecule has 0 spiro atoms. The zero-order valence-electron chi connectivity index (χ0n) is 10.5. The summed E-state index contributed by atoms with van der Waals surface area (Å²) in [6.07, 6.45) is -0.657. The molecule has 1 aromatic carbocycles. The van der Waals surface area contributed by atoms with Gasteiger partial charge in [-0.2, -0.15) is 4.31 Å². The molecule has 2 rings (SSSR count). The van der Waals surface area contributed by atoms with Crippen LogP contribution >= 0.6 is 0 Å². The minimum absolute atomic E-state index is 0.259. The summed E-state index contributed by atoms with van der Waals surface area (Å²) < 4.78 is 26.0. The number of rotatable bonds is 3. The first-order valence-electron chi connectivity index (χ1n) is 5.86. The lowest BCUT2D eigenvalue weighted by Crippen LogP contribution is -2.44. The van der Waals surface area contributed by atoms with E-state index in [9.17, 15) is 13.5 Å². The molecule has 6 heteroatoms. The van der Waals surface area contributed by atoms with Crippen molar-refractivity contribution in [3.8, 4) is 0 Å². The lowest BCUT2D eigenvalue weighted by Gasteiger charge is -2.25. The van der Waals surface area contributed by atoms with Crippen molar-refractivity contribution < 1.29 is 13.5 Å². The number of likely N-dealkylation sites (N-methyl/N-ethyl adjacent to an activating group) is 1. The van der Waals surface area contributed by atoms with Gasteiger partial charge >= 0.3 is 0 Å². The molecular formula is C12H18N2O3S. The molecule has 0 bridgehead atoms. The summed E-state index contributed by atoms with van der Waals surface area (Å²) in [6.45, 7) is 2.81. The predicted molar refractivity (Wildman–Crippen MR) is 68.8 cm³/mol. The van der Waals surface area contributed by atoms with Crippen LogP contribution in [-0.4, -0.2) is 50.1 Å². The van der Waals surface area contributed by atoms with Crippen LogP contribution in [0.4, 0.5) is 0 Å². The van der Waals surface area contributed by atoms with Gasteiger partial charge in [-0.05, 0) is 19.1 Å². The Bertz CT molecular complexity index is 513. The van der Waals surface area contributed by atoms with Crippen molar-refractivity contribution >= 4 is 10.0 Å². The van der Waals surface area contributed by atoms with Crippen molar-refractivity contribution in [3.63, 3.8) is 0 Å². The fourth-order valence-electron chi connectivity index (χ4n) is 2.08. The Hall–Kier alpha value is -0.950. The van der Waals surface area contributed by atoms with E-state index in [4.69, 9.17) is 0 Å². The summed E-state index contributed by atoms with van der Waals surface area (Å²) in [5.41, 5.74) is 1.01. The highest BCUT2D eigenvalue weighted by Gasteiger charge is 2.35. The monoisotopic (exact) mass is 270 g/mol. The highest BCUT2D eigenvalue weighted by molar-refractivity contribution is 7.89. The molecule has 100 valence electrons. The minimum atomic E-state index is -3.54. The highest BCUT2D eigenvalue weighted by atomic mass is 32.2. The maximum absolute atomic E-state index is 12.4. The van der Waals surface area contributed by atoms with Crippen LogP contribution in [0.25, 0.3) is 0 Å². The van der Waals surface area contributed by atoms with Gasteiger partial charge in [-0.3, -0.25) is 0 Å². The number of aryl methyl sites for hydroxylation is 1. The molecule has 1 heterocycles. The van der Waals surface area contributed by atoms with E-state index in [1.165, 1.54) is 11.4 Å². The SMILES string of the molecule is Cc1ccc(S(=O)(=O)N(C)[C@@H]2CNC[C@H]2O)cc1. The van der Waals surface area contributed by atoms with Crippen LogP contribution < -0.4 is 5.32 Å². The van der Waals surface area contributed by atoms with Crippen molar-refractivity contribution in [2.45, 2.75) is 24.0 Å². The third kappa shape index (κ3) is 2.42. The zero-order valence-corrected chi connectivity index (χ0v) is 11.3. The van der Waals surface area contributed by atoms with Crippen LogP contribution in [0.5, 0.6) is 0 Å². The van der Waals surface area contributed by atoms with E-state index in [-0.39, 0.29) is 4.90 Å². The smallest absolute Gasteiger partial charge is 0.243 e. The number of aliphatic hydroxyl groups is 1. The standard InChI is InChI=1S/C12H18N2O3S/c1-9-3-5-10(6-4-9)18(16,17)14(2)11-7-13-8-12(11)15/h3-6,11-13,15H,7-8H2,1-2H3/t11-,12-/m1/s1. The van der Waals surface area contributed by atoms with Gasteiger partial charge in [-0.1, -0.05) is 17.7 Å². The molecule has 5 nitrogen and oxygen atoms in total. The number of aliphatic hydroxyl groups excluding tert-OH is 1. The highest BCUT2D eigenvalue weighted by Crippen LogP contribution is 2.19. The Morgan fingerprint density at radius 3 is 2.39 bits per heavy atom. The maximum Gasteiger partial charge on any atom is 0.243 e. The fraction of sp³-hybridized carbons (Fsp3) is 0.500. The fourth-order valence-corrected chi connectivity index (χ4v) is 3.46. The lowest BCUT2D eigenvalue weighted by molar-refractivity contribution is 0.136. The van der Waals surface area contributed by atoms with Crippen molar-refractivity contribution in [2.24, 2.45) is 0 Å². The van der Waals surface area contributed by atoms with Gasteiger partial charge in [0.05, 0.1) is 17.0 Å².